The van der Waals surface area contributed by atoms with Crippen molar-refractivity contribution in [3.63, 3.8) is 0 Å². The van der Waals surface area contributed by atoms with Crippen LogP contribution in [-0.4, -0.2) is 65.1 Å². The van der Waals surface area contributed by atoms with Crippen LogP contribution in [0.15, 0.2) is 33.6 Å². The predicted molar refractivity (Wildman–Crippen MR) is 97.6 cm³/mol. The van der Waals surface area contributed by atoms with Crippen LogP contribution in [0.5, 0.6) is 0 Å². The zero-order chi connectivity index (χ0) is 17.7. The Kier molecular flexibility index (Phi) is 6.09. The number of nitrogens with one attached hydrogen (secondary N) is 1. The first-order chi connectivity index (χ1) is 12.0. The van der Waals surface area contributed by atoms with Crippen molar-refractivity contribution < 1.29 is 18.1 Å². The molecule has 6 nitrogen and oxygen atoms in total. The molecule has 0 radical (unpaired) electrons. The van der Waals surface area contributed by atoms with Crippen molar-refractivity contribution in [1.29, 1.82) is 0 Å². The van der Waals surface area contributed by atoms with Crippen molar-refractivity contribution in [1.82, 2.24) is 4.90 Å². The van der Waals surface area contributed by atoms with Crippen LogP contribution in [0.2, 0.25) is 0 Å². The van der Waals surface area contributed by atoms with Gasteiger partial charge >= 0.3 is 0 Å². The maximum atomic E-state index is 12.8. The van der Waals surface area contributed by atoms with Crippen molar-refractivity contribution in [2.24, 2.45) is 4.40 Å². The molecule has 2 saturated heterocycles. The van der Waals surface area contributed by atoms with Gasteiger partial charge in [-0.15, -0.1) is 4.40 Å². The van der Waals surface area contributed by atoms with Crippen molar-refractivity contribution in [2.75, 3.05) is 45.9 Å². The number of likely N-dealkylation sites (tertiary alicyclic amines) is 1. The third-order valence-corrected chi connectivity index (χ3v) is 6.21. The number of quaternary nitrogens is 1. The summed E-state index contributed by atoms with van der Waals surface area (Å²) in [6.07, 6.45) is 3.68. The number of piperidine rings is 1. The molecule has 0 aliphatic carbocycles. The number of amidine groups is 1. The van der Waals surface area contributed by atoms with Crippen LogP contribution in [0.25, 0.3) is 0 Å². The summed E-state index contributed by atoms with van der Waals surface area (Å²) in [5.41, 5.74) is 1.04. The van der Waals surface area contributed by atoms with Gasteiger partial charge in [-0.1, -0.05) is 17.7 Å². The zero-order valence-electron chi connectivity index (χ0n) is 14.9. The Balaban J connectivity index is 1.85. The van der Waals surface area contributed by atoms with E-state index >= 15 is 0 Å². The molecule has 0 saturated carbocycles. The average molecular weight is 367 g/mol. The lowest BCUT2D eigenvalue weighted by atomic mass is 10.1. The molecular formula is C18H28N3O3S+. The van der Waals surface area contributed by atoms with Crippen molar-refractivity contribution >= 4 is 15.9 Å². The van der Waals surface area contributed by atoms with Gasteiger partial charge in [-0.2, -0.15) is 8.42 Å². The topological polar surface area (TPSA) is 63.4 Å². The molecule has 0 unspecified atom stereocenters. The summed E-state index contributed by atoms with van der Waals surface area (Å²) in [7, 11) is -3.68. The smallest absolute Gasteiger partial charge is 0.284 e. The summed E-state index contributed by atoms with van der Waals surface area (Å²) in [5.74, 6) is 0.681. The highest BCUT2D eigenvalue weighted by Gasteiger charge is 2.25. The first-order valence-corrected chi connectivity index (χ1v) is 10.6. The summed E-state index contributed by atoms with van der Waals surface area (Å²) >= 11 is 0. The van der Waals surface area contributed by atoms with Gasteiger partial charge in [0.1, 0.15) is 6.54 Å². The van der Waals surface area contributed by atoms with Gasteiger partial charge in [0.2, 0.25) is 0 Å². The number of hydrogen-bond acceptors (Lipinski definition) is 3. The minimum absolute atomic E-state index is 0.262. The molecule has 7 heteroatoms. The van der Waals surface area contributed by atoms with Crippen molar-refractivity contribution in [2.45, 2.75) is 31.1 Å². The fraction of sp³-hybridized carbons (Fsp3) is 0.611. The normalized spacial score (nSPS) is 20.7. The second-order valence-electron chi connectivity index (χ2n) is 6.88. The molecule has 25 heavy (non-hydrogen) atoms. The highest BCUT2D eigenvalue weighted by molar-refractivity contribution is 7.90. The summed E-state index contributed by atoms with van der Waals surface area (Å²) in [5, 5.41) is 0. The van der Waals surface area contributed by atoms with Gasteiger partial charge in [0.25, 0.3) is 10.0 Å². The predicted octanol–water partition coefficient (Wildman–Crippen LogP) is 0.483. The number of hydrogen-bond donors (Lipinski definition) is 1. The van der Waals surface area contributed by atoms with Gasteiger partial charge in [0, 0.05) is 13.1 Å². The fourth-order valence-corrected chi connectivity index (χ4v) is 4.42. The molecule has 0 amide bonds. The standard InChI is InChI=1S/C18H27N3O3S/c1-16-5-7-17(8-6-16)25(22,23)19-18(21-11-13-24-14-12-21)15-20-9-3-2-4-10-20/h5-8H,2-4,9-15H2,1H3/p+1. The highest BCUT2D eigenvalue weighted by Crippen LogP contribution is 2.14. The van der Waals surface area contributed by atoms with Gasteiger partial charge < -0.3 is 14.5 Å². The van der Waals surface area contributed by atoms with E-state index < -0.39 is 10.0 Å². The van der Waals surface area contributed by atoms with Crippen LogP contribution in [0.1, 0.15) is 24.8 Å². The molecule has 0 bridgehead atoms. The van der Waals surface area contributed by atoms with E-state index in [0.717, 1.165) is 18.7 Å². The quantitative estimate of drug-likeness (QED) is 0.622. The molecule has 0 atom stereocenters. The van der Waals surface area contributed by atoms with Gasteiger partial charge in [-0.05, 0) is 38.3 Å². The lowest BCUT2D eigenvalue weighted by Gasteiger charge is -2.32. The summed E-state index contributed by atoms with van der Waals surface area (Å²) < 4.78 is 35.2. The molecular weight excluding hydrogens is 338 g/mol. The Bertz CT molecular complexity index is 689. The number of sulfonamides is 1. The number of morpholine rings is 1. The maximum absolute atomic E-state index is 12.8. The second kappa shape index (κ2) is 8.29. The van der Waals surface area contributed by atoms with E-state index in [1.54, 1.807) is 12.1 Å². The number of nitrogens with zero attached hydrogens (tertiary/aromatic N) is 2. The van der Waals surface area contributed by atoms with Crippen molar-refractivity contribution in [3.05, 3.63) is 29.8 Å². The lowest BCUT2D eigenvalue weighted by molar-refractivity contribution is -0.896. The Morgan fingerprint density at radius 1 is 1.12 bits per heavy atom. The minimum atomic E-state index is -3.68. The van der Waals surface area contributed by atoms with E-state index in [-0.39, 0.29) is 4.90 Å². The lowest BCUT2D eigenvalue weighted by Crippen LogP contribution is -3.14. The van der Waals surface area contributed by atoms with Gasteiger partial charge in [0.15, 0.2) is 5.84 Å². The number of aryl methyl sites for hydroxylation is 1. The van der Waals surface area contributed by atoms with E-state index in [1.165, 1.54) is 24.2 Å². The van der Waals surface area contributed by atoms with Crippen LogP contribution in [0.3, 0.4) is 0 Å². The van der Waals surface area contributed by atoms with Crippen LogP contribution < -0.4 is 4.90 Å². The molecule has 3 rings (SSSR count). The largest absolute Gasteiger partial charge is 0.378 e. The SMILES string of the molecule is Cc1ccc(S(=O)(=O)N=C(C[NH+]2CCCCC2)N2CCOCC2)cc1. The minimum Gasteiger partial charge on any atom is -0.378 e. The first-order valence-electron chi connectivity index (χ1n) is 9.11. The van der Waals surface area contributed by atoms with Crippen LogP contribution in [-0.2, 0) is 14.8 Å². The van der Waals surface area contributed by atoms with E-state index in [0.29, 0.717) is 38.7 Å². The van der Waals surface area contributed by atoms with Crippen molar-refractivity contribution in [3.8, 4) is 0 Å². The maximum Gasteiger partial charge on any atom is 0.284 e. The second-order valence-corrected chi connectivity index (χ2v) is 8.49. The average Bonchev–Trinajstić information content (AvgIpc) is 2.63. The third-order valence-electron chi connectivity index (χ3n) is 4.89. The Labute approximate surface area is 150 Å². The molecule has 138 valence electrons. The Morgan fingerprint density at radius 3 is 2.40 bits per heavy atom. The van der Waals surface area contributed by atoms with Gasteiger partial charge in [-0.25, -0.2) is 0 Å². The van der Waals surface area contributed by atoms with E-state index in [4.69, 9.17) is 4.74 Å². The Morgan fingerprint density at radius 2 is 1.76 bits per heavy atom. The zero-order valence-corrected chi connectivity index (χ0v) is 15.7. The number of rotatable bonds is 4. The molecule has 1 aromatic carbocycles. The van der Waals surface area contributed by atoms with Gasteiger partial charge in [-0.3, -0.25) is 0 Å². The first kappa shape index (κ1) is 18.4. The van der Waals surface area contributed by atoms with Crippen LogP contribution in [0.4, 0.5) is 0 Å². The van der Waals surface area contributed by atoms with Crippen LogP contribution in [0, 0.1) is 6.92 Å². The Hall–Kier alpha value is -1.44. The highest BCUT2D eigenvalue weighted by atomic mass is 32.2. The van der Waals surface area contributed by atoms with E-state index in [2.05, 4.69) is 9.30 Å². The third kappa shape index (κ3) is 5.03. The summed E-state index contributed by atoms with van der Waals surface area (Å²) in [4.78, 5) is 3.77. The molecule has 0 spiro atoms. The number of benzene rings is 1. The molecule has 2 aliphatic rings. The summed E-state index contributed by atoms with van der Waals surface area (Å²) in [6.45, 7) is 7.45. The molecule has 1 N–H and O–H groups in total. The number of ether oxygens (including phenoxy) is 1. The molecule has 2 fully saturated rings. The molecule has 2 aliphatic heterocycles. The molecule has 0 aromatic heterocycles. The van der Waals surface area contributed by atoms with E-state index in [9.17, 15) is 8.42 Å². The molecule has 1 aromatic rings. The van der Waals surface area contributed by atoms with Crippen LogP contribution >= 0.6 is 0 Å². The fourth-order valence-electron chi connectivity index (χ4n) is 3.38. The summed E-state index contributed by atoms with van der Waals surface area (Å²) in [6, 6.07) is 6.90. The van der Waals surface area contributed by atoms with Gasteiger partial charge in [0.05, 0.1) is 31.2 Å². The molecule has 2 heterocycles. The monoisotopic (exact) mass is 366 g/mol. The van der Waals surface area contributed by atoms with E-state index in [1.807, 2.05) is 19.1 Å².